The molecule has 1 unspecified atom stereocenters. The van der Waals surface area contributed by atoms with Crippen LogP contribution in [0.1, 0.15) is 20.8 Å². The molecule has 0 saturated heterocycles. The monoisotopic (exact) mass is 223 g/mol. The van der Waals surface area contributed by atoms with E-state index >= 15 is 0 Å². The third-order valence-electron chi connectivity index (χ3n) is 2.36. The van der Waals surface area contributed by atoms with Crippen molar-refractivity contribution in [1.82, 2.24) is 8.61 Å². The Morgan fingerprint density at radius 1 is 1.29 bits per heavy atom. The summed E-state index contributed by atoms with van der Waals surface area (Å²) in [5, 5.41) is 0. The van der Waals surface area contributed by atoms with Gasteiger partial charge in [-0.15, -0.1) is 0 Å². The average molecular weight is 223 g/mol. The minimum absolute atomic E-state index is 0.166. The molecule has 0 aromatic carbocycles. The SMILES string of the molecule is CCN(CC)S(=O)(=O)N(C)C(C)CN. The van der Waals surface area contributed by atoms with E-state index in [1.165, 1.54) is 8.61 Å². The van der Waals surface area contributed by atoms with Crippen LogP contribution in [-0.4, -0.2) is 49.8 Å². The summed E-state index contributed by atoms with van der Waals surface area (Å²) >= 11 is 0. The molecule has 0 radical (unpaired) electrons. The molecule has 6 heteroatoms. The molecule has 1 atom stereocenters. The zero-order valence-corrected chi connectivity index (χ0v) is 10.2. The summed E-state index contributed by atoms with van der Waals surface area (Å²) in [6, 6.07) is -0.166. The summed E-state index contributed by atoms with van der Waals surface area (Å²) in [5.74, 6) is 0. The highest BCUT2D eigenvalue weighted by Gasteiger charge is 2.27. The molecule has 0 aliphatic carbocycles. The molecule has 0 bridgehead atoms. The first-order valence-electron chi connectivity index (χ1n) is 4.84. The number of nitrogens with two attached hydrogens (primary N) is 1. The van der Waals surface area contributed by atoms with Gasteiger partial charge in [0, 0.05) is 32.7 Å². The van der Waals surface area contributed by atoms with E-state index in [4.69, 9.17) is 5.73 Å². The van der Waals surface area contributed by atoms with Gasteiger partial charge < -0.3 is 5.73 Å². The van der Waals surface area contributed by atoms with Gasteiger partial charge >= 0.3 is 0 Å². The van der Waals surface area contributed by atoms with Crippen LogP contribution in [0.2, 0.25) is 0 Å². The van der Waals surface area contributed by atoms with Crippen molar-refractivity contribution in [2.24, 2.45) is 5.73 Å². The minimum atomic E-state index is -3.33. The van der Waals surface area contributed by atoms with E-state index in [1.807, 2.05) is 13.8 Å². The summed E-state index contributed by atoms with van der Waals surface area (Å²) in [6.07, 6.45) is 0. The van der Waals surface area contributed by atoms with Gasteiger partial charge in [-0.2, -0.15) is 17.0 Å². The van der Waals surface area contributed by atoms with E-state index in [-0.39, 0.29) is 6.04 Å². The second-order valence-electron chi connectivity index (χ2n) is 3.19. The van der Waals surface area contributed by atoms with Crippen LogP contribution in [-0.2, 0) is 10.2 Å². The van der Waals surface area contributed by atoms with Crippen molar-refractivity contribution in [3.63, 3.8) is 0 Å². The lowest BCUT2D eigenvalue weighted by atomic mass is 10.4. The molecule has 0 aromatic rings. The predicted molar refractivity (Wildman–Crippen MR) is 58.1 cm³/mol. The first-order chi connectivity index (χ1) is 6.41. The van der Waals surface area contributed by atoms with Crippen LogP contribution in [0.4, 0.5) is 0 Å². The maximum absolute atomic E-state index is 11.9. The van der Waals surface area contributed by atoms with Crippen LogP contribution >= 0.6 is 0 Å². The third kappa shape index (κ3) is 2.91. The highest BCUT2D eigenvalue weighted by molar-refractivity contribution is 7.86. The molecule has 5 nitrogen and oxygen atoms in total. The number of hydrogen-bond donors (Lipinski definition) is 1. The molecule has 0 aliphatic heterocycles. The van der Waals surface area contributed by atoms with Gasteiger partial charge in [-0.25, -0.2) is 0 Å². The summed E-state index contributed by atoms with van der Waals surface area (Å²) in [5.41, 5.74) is 5.43. The second-order valence-corrected chi connectivity index (χ2v) is 5.18. The Morgan fingerprint density at radius 2 is 1.71 bits per heavy atom. The minimum Gasteiger partial charge on any atom is -0.329 e. The van der Waals surface area contributed by atoms with Crippen LogP contribution in [0, 0.1) is 0 Å². The first kappa shape index (κ1) is 13.8. The van der Waals surface area contributed by atoms with Crippen molar-refractivity contribution in [3.05, 3.63) is 0 Å². The van der Waals surface area contributed by atoms with Crippen LogP contribution in [0.15, 0.2) is 0 Å². The van der Waals surface area contributed by atoms with Crippen LogP contribution in [0.5, 0.6) is 0 Å². The molecule has 0 amide bonds. The highest BCUT2D eigenvalue weighted by Crippen LogP contribution is 2.08. The van der Waals surface area contributed by atoms with Crippen molar-refractivity contribution in [1.29, 1.82) is 0 Å². The zero-order valence-electron chi connectivity index (χ0n) is 9.40. The third-order valence-corrected chi connectivity index (χ3v) is 4.61. The molecular formula is C8H21N3O2S. The molecule has 0 fully saturated rings. The Kier molecular flexibility index (Phi) is 5.58. The smallest absolute Gasteiger partial charge is 0.281 e. The van der Waals surface area contributed by atoms with Crippen molar-refractivity contribution in [2.75, 3.05) is 26.7 Å². The first-order valence-corrected chi connectivity index (χ1v) is 6.24. The average Bonchev–Trinajstić information content (AvgIpc) is 2.16. The van der Waals surface area contributed by atoms with Gasteiger partial charge in [0.2, 0.25) is 0 Å². The molecule has 0 spiro atoms. The maximum atomic E-state index is 11.9. The molecule has 0 rings (SSSR count). The molecule has 0 saturated carbocycles. The lowest BCUT2D eigenvalue weighted by Crippen LogP contribution is -2.47. The Morgan fingerprint density at radius 3 is 2.00 bits per heavy atom. The lowest BCUT2D eigenvalue weighted by Gasteiger charge is -2.29. The van der Waals surface area contributed by atoms with Gasteiger partial charge in [-0.3, -0.25) is 0 Å². The number of likely N-dealkylation sites (N-methyl/N-ethyl adjacent to an activating group) is 1. The van der Waals surface area contributed by atoms with Crippen molar-refractivity contribution in [3.8, 4) is 0 Å². The summed E-state index contributed by atoms with van der Waals surface area (Å²) in [6.45, 7) is 6.74. The van der Waals surface area contributed by atoms with Gasteiger partial charge in [0.1, 0.15) is 0 Å². The standard InChI is InChI=1S/C8H21N3O2S/c1-5-11(6-2)14(12,13)10(4)8(3)7-9/h8H,5-7,9H2,1-4H3. The molecule has 0 aromatic heterocycles. The maximum Gasteiger partial charge on any atom is 0.281 e. The Balaban J connectivity index is 4.76. The fraction of sp³-hybridized carbons (Fsp3) is 1.00. The van der Waals surface area contributed by atoms with Gasteiger partial charge in [0.25, 0.3) is 10.2 Å². The largest absolute Gasteiger partial charge is 0.329 e. The van der Waals surface area contributed by atoms with Crippen molar-refractivity contribution >= 4 is 10.2 Å². The lowest BCUT2D eigenvalue weighted by molar-refractivity contribution is 0.339. The van der Waals surface area contributed by atoms with E-state index in [1.54, 1.807) is 14.0 Å². The van der Waals surface area contributed by atoms with E-state index in [0.717, 1.165) is 0 Å². The van der Waals surface area contributed by atoms with Gasteiger partial charge in [-0.05, 0) is 6.92 Å². The Labute approximate surface area is 87.0 Å². The molecule has 14 heavy (non-hydrogen) atoms. The topological polar surface area (TPSA) is 66.6 Å². The fourth-order valence-corrected chi connectivity index (χ4v) is 2.67. The number of rotatable bonds is 6. The Hall–Kier alpha value is -0.170. The van der Waals surface area contributed by atoms with Crippen molar-refractivity contribution < 1.29 is 8.42 Å². The predicted octanol–water partition coefficient (Wildman–Crippen LogP) is -0.148. The van der Waals surface area contributed by atoms with Gasteiger partial charge in [-0.1, -0.05) is 13.8 Å². The normalized spacial score (nSPS) is 15.1. The molecule has 0 heterocycles. The van der Waals surface area contributed by atoms with E-state index in [2.05, 4.69) is 0 Å². The summed E-state index contributed by atoms with van der Waals surface area (Å²) in [7, 11) is -1.77. The molecule has 0 aliphatic rings. The van der Waals surface area contributed by atoms with E-state index in [9.17, 15) is 8.42 Å². The van der Waals surface area contributed by atoms with Crippen LogP contribution in [0.3, 0.4) is 0 Å². The molecule has 86 valence electrons. The number of hydrogen-bond acceptors (Lipinski definition) is 3. The summed E-state index contributed by atoms with van der Waals surface area (Å²) in [4.78, 5) is 0. The fourth-order valence-electron chi connectivity index (χ4n) is 1.11. The quantitative estimate of drug-likeness (QED) is 0.681. The van der Waals surface area contributed by atoms with Crippen LogP contribution in [0.25, 0.3) is 0 Å². The summed E-state index contributed by atoms with van der Waals surface area (Å²) < 4.78 is 26.5. The number of nitrogens with zero attached hydrogens (tertiary/aromatic N) is 2. The van der Waals surface area contributed by atoms with Crippen molar-refractivity contribution in [2.45, 2.75) is 26.8 Å². The van der Waals surface area contributed by atoms with Crippen LogP contribution < -0.4 is 5.73 Å². The van der Waals surface area contributed by atoms with Gasteiger partial charge in [0.05, 0.1) is 0 Å². The highest BCUT2D eigenvalue weighted by atomic mass is 32.2. The van der Waals surface area contributed by atoms with E-state index < -0.39 is 10.2 Å². The Bertz CT molecular complexity index is 249. The molecular weight excluding hydrogens is 202 g/mol. The molecule has 2 N–H and O–H groups in total. The van der Waals surface area contributed by atoms with Gasteiger partial charge in [0.15, 0.2) is 0 Å². The van der Waals surface area contributed by atoms with E-state index in [0.29, 0.717) is 19.6 Å². The zero-order chi connectivity index (χ0) is 11.4. The second kappa shape index (κ2) is 5.65.